The second-order valence-corrected chi connectivity index (χ2v) is 8.41. The van der Waals surface area contributed by atoms with E-state index in [0.717, 1.165) is 0 Å². The van der Waals surface area contributed by atoms with Gasteiger partial charge in [0.05, 0.1) is 10.6 Å². The van der Waals surface area contributed by atoms with Crippen molar-refractivity contribution >= 4 is 46.9 Å². The van der Waals surface area contributed by atoms with E-state index in [1.54, 1.807) is 52.3 Å². The fraction of sp³-hybridized carbons (Fsp3) is 0.304. The number of carbonyl (C=O) groups excluding carboxylic acids is 3. The van der Waals surface area contributed by atoms with E-state index < -0.39 is 17.9 Å². The molecule has 0 aliphatic carbocycles. The molecule has 0 aromatic heterocycles. The van der Waals surface area contributed by atoms with Crippen LogP contribution in [0.2, 0.25) is 10.0 Å². The highest BCUT2D eigenvalue weighted by atomic mass is 35.5. The molecule has 2 aromatic rings. The molecule has 1 aliphatic rings. The maximum Gasteiger partial charge on any atom is 0.326 e. The van der Waals surface area contributed by atoms with Crippen LogP contribution in [0.5, 0.6) is 0 Å². The minimum absolute atomic E-state index is 0.0354. The van der Waals surface area contributed by atoms with Gasteiger partial charge in [0.15, 0.2) is 0 Å². The Hall–Kier alpha value is -3.10. The van der Waals surface area contributed by atoms with Crippen LogP contribution < -0.4 is 5.32 Å². The molecule has 2 N–H and O–H groups in total. The number of hydrogen-bond acceptors (Lipinski definition) is 4. The molecule has 1 saturated heterocycles. The summed E-state index contributed by atoms with van der Waals surface area (Å²) in [6.07, 6.45) is -0.0741. The van der Waals surface area contributed by atoms with Crippen molar-refractivity contribution in [1.82, 2.24) is 15.1 Å². The number of piperazine rings is 1. The normalized spacial score (nSPS) is 14.5. The predicted molar refractivity (Wildman–Crippen MR) is 124 cm³/mol. The average molecular weight is 492 g/mol. The Kier molecular flexibility index (Phi) is 8.30. The van der Waals surface area contributed by atoms with Gasteiger partial charge in [0.2, 0.25) is 5.91 Å². The molecule has 0 bridgehead atoms. The SMILES string of the molecule is O=C(N[C@@H](CCC(=O)N1CCN(C(=O)c2ccc(Cl)cc2Cl)CC1)C(=O)O)c1ccccc1. The second-order valence-electron chi connectivity index (χ2n) is 7.57. The summed E-state index contributed by atoms with van der Waals surface area (Å²) >= 11 is 12.0. The van der Waals surface area contributed by atoms with Gasteiger partial charge in [-0.3, -0.25) is 14.4 Å². The van der Waals surface area contributed by atoms with Gasteiger partial charge in [-0.2, -0.15) is 0 Å². The number of hydrogen-bond donors (Lipinski definition) is 2. The summed E-state index contributed by atoms with van der Waals surface area (Å²) in [5.74, 6) is -2.18. The van der Waals surface area contributed by atoms with Gasteiger partial charge in [-0.1, -0.05) is 41.4 Å². The first-order valence-corrected chi connectivity index (χ1v) is 11.1. The number of nitrogens with one attached hydrogen (secondary N) is 1. The molecule has 0 unspecified atom stereocenters. The Morgan fingerprint density at radius 1 is 0.939 bits per heavy atom. The number of nitrogens with zero attached hydrogens (tertiary/aromatic N) is 2. The third-order valence-corrected chi connectivity index (χ3v) is 5.92. The van der Waals surface area contributed by atoms with Crippen molar-refractivity contribution in [2.75, 3.05) is 26.2 Å². The van der Waals surface area contributed by atoms with E-state index in [2.05, 4.69) is 5.32 Å². The van der Waals surface area contributed by atoms with Crippen LogP contribution in [0.1, 0.15) is 33.6 Å². The summed E-state index contributed by atoms with van der Waals surface area (Å²) in [5, 5.41) is 12.6. The molecule has 1 aliphatic heterocycles. The van der Waals surface area contributed by atoms with Crippen LogP contribution in [0.15, 0.2) is 48.5 Å². The first-order valence-electron chi connectivity index (χ1n) is 10.4. The maximum absolute atomic E-state index is 12.7. The van der Waals surface area contributed by atoms with Crippen LogP contribution in [0.25, 0.3) is 0 Å². The van der Waals surface area contributed by atoms with Gasteiger partial charge < -0.3 is 20.2 Å². The molecule has 1 atom stereocenters. The number of carboxylic acids is 1. The Morgan fingerprint density at radius 3 is 2.18 bits per heavy atom. The van der Waals surface area contributed by atoms with E-state index >= 15 is 0 Å². The number of carboxylic acid groups (broad SMARTS) is 1. The summed E-state index contributed by atoms with van der Waals surface area (Å²) in [6, 6.07) is 11.8. The molecule has 1 fully saturated rings. The van der Waals surface area contributed by atoms with Crippen molar-refractivity contribution in [2.24, 2.45) is 0 Å². The molecule has 3 amide bonds. The standard InChI is InChI=1S/C23H23Cl2N3O5/c24-16-6-7-17(18(25)14-16)22(31)28-12-10-27(11-13-28)20(29)9-8-19(23(32)33)26-21(30)15-4-2-1-3-5-15/h1-7,14,19H,8-13H2,(H,26,30)(H,32,33)/t19-/m0/s1. The number of halogens is 2. The quantitative estimate of drug-likeness (QED) is 0.618. The fourth-order valence-corrected chi connectivity index (χ4v) is 4.00. The predicted octanol–water partition coefficient (Wildman–Crippen LogP) is 2.94. The Morgan fingerprint density at radius 2 is 1.58 bits per heavy atom. The van der Waals surface area contributed by atoms with Crippen LogP contribution in [0.4, 0.5) is 0 Å². The van der Waals surface area contributed by atoms with Crippen molar-refractivity contribution in [3.63, 3.8) is 0 Å². The third-order valence-electron chi connectivity index (χ3n) is 5.37. The van der Waals surface area contributed by atoms with Crippen molar-refractivity contribution in [3.8, 4) is 0 Å². The third kappa shape index (κ3) is 6.46. The second kappa shape index (κ2) is 11.2. The van der Waals surface area contributed by atoms with Crippen molar-refractivity contribution < 1.29 is 24.3 Å². The molecule has 3 rings (SSSR count). The lowest BCUT2D eigenvalue weighted by molar-refractivity contribution is -0.139. The molecule has 0 radical (unpaired) electrons. The van der Waals surface area contributed by atoms with Gasteiger partial charge in [-0.25, -0.2) is 4.79 Å². The number of amides is 3. The molecule has 33 heavy (non-hydrogen) atoms. The van der Waals surface area contributed by atoms with Crippen molar-refractivity contribution in [3.05, 3.63) is 69.7 Å². The molecule has 1 heterocycles. The average Bonchev–Trinajstić information content (AvgIpc) is 2.81. The van der Waals surface area contributed by atoms with Gasteiger partial charge >= 0.3 is 5.97 Å². The monoisotopic (exact) mass is 491 g/mol. The number of aliphatic carboxylic acids is 1. The van der Waals surface area contributed by atoms with E-state index in [9.17, 15) is 24.3 Å². The lowest BCUT2D eigenvalue weighted by atomic mass is 10.1. The molecule has 0 saturated carbocycles. The minimum atomic E-state index is -1.21. The van der Waals surface area contributed by atoms with Crippen molar-refractivity contribution in [1.29, 1.82) is 0 Å². The zero-order chi connectivity index (χ0) is 24.0. The highest BCUT2D eigenvalue weighted by molar-refractivity contribution is 6.36. The van der Waals surface area contributed by atoms with Crippen LogP contribution >= 0.6 is 23.2 Å². The van der Waals surface area contributed by atoms with Gasteiger partial charge in [0, 0.05) is 43.2 Å². The summed E-state index contributed by atoms with van der Waals surface area (Å²) < 4.78 is 0. The first kappa shape index (κ1) is 24.5. The molecule has 8 nitrogen and oxygen atoms in total. The number of carbonyl (C=O) groups is 4. The van der Waals surface area contributed by atoms with E-state index in [1.165, 1.54) is 6.07 Å². The van der Waals surface area contributed by atoms with Crippen LogP contribution in [-0.4, -0.2) is 70.8 Å². The molecule has 0 spiro atoms. The lowest BCUT2D eigenvalue weighted by Crippen LogP contribution is -2.51. The molecule has 174 valence electrons. The first-order chi connectivity index (χ1) is 15.8. The summed E-state index contributed by atoms with van der Waals surface area (Å²) in [5.41, 5.74) is 0.691. The van der Waals surface area contributed by atoms with Gasteiger partial charge in [0.25, 0.3) is 11.8 Å². The van der Waals surface area contributed by atoms with Crippen molar-refractivity contribution in [2.45, 2.75) is 18.9 Å². The van der Waals surface area contributed by atoms with Gasteiger partial charge in [0.1, 0.15) is 6.04 Å². The Bertz CT molecular complexity index is 1040. The maximum atomic E-state index is 12.7. The molecular weight excluding hydrogens is 469 g/mol. The molecular formula is C23H23Cl2N3O5. The van der Waals surface area contributed by atoms with E-state index in [1.807, 2.05) is 0 Å². The highest BCUT2D eigenvalue weighted by Gasteiger charge is 2.27. The zero-order valence-corrected chi connectivity index (χ0v) is 19.2. The Labute approximate surface area is 201 Å². The fourth-order valence-electron chi connectivity index (χ4n) is 3.51. The summed E-state index contributed by atoms with van der Waals surface area (Å²) in [4.78, 5) is 52.3. The van der Waals surface area contributed by atoms with Crippen LogP contribution in [0.3, 0.4) is 0 Å². The van der Waals surface area contributed by atoms with Gasteiger partial charge in [-0.05, 0) is 36.8 Å². The summed E-state index contributed by atoms with van der Waals surface area (Å²) in [6.45, 7) is 1.31. The molecule has 2 aromatic carbocycles. The van der Waals surface area contributed by atoms with E-state index in [-0.39, 0.29) is 29.7 Å². The zero-order valence-electron chi connectivity index (χ0n) is 17.7. The minimum Gasteiger partial charge on any atom is -0.480 e. The van der Waals surface area contributed by atoms with Gasteiger partial charge in [-0.15, -0.1) is 0 Å². The van der Waals surface area contributed by atoms with E-state index in [4.69, 9.17) is 23.2 Å². The Balaban J connectivity index is 1.50. The lowest BCUT2D eigenvalue weighted by Gasteiger charge is -2.35. The van der Waals surface area contributed by atoms with Crippen LogP contribution in [0, 0.1) is 0 Å². The highest BCUT2D eigenvalue weighted by Crippen LogP contribution is 2.23. The molecule has 10 heteroatoms. The number of rotatable bonds is 7. The summed E-state index contributed by atoms with van der Waals surface area (Å²) in [7, 11) is 0. The largest absolute Gasteiger partial charge is 0.480 e. The topological polar surface area (TPSA) is 107 Å². The van der Waals surface area contributed by atoms with Crippen LogP contribution in [-0.2, 0) is 9.59 Å². The number of benzene rings is 2. The smallest absolute Gasteiger partial charge is 0.326 e. The van der Waals surface area contributed by atoms with E-state index in [0.29, 0.717) is 42.3 Å².